The number of rotatable bonds is 5. The maximum absolute atomic E-state index is 5.69. The van der Waals surface area contributed by atoms with Gasteiger partial charge in [-0.05, 0) is 14.1 Å². The number of anilines is 1. The summed E-state index contributed by atoms with van der Waals surface area (Å²) in [6.45, 7) is 5.50. The van der Waals surface area contributed by atoms with E-state index in [4.69, 9.17) is 10.5 Å². The summed E-state index contributed by atoms with van der Waals surface area (Å²) in [4.78, 5) is 10.5. The minimum absolute atomic E-state index is 0.250. The molecule has 0 unspecified atom stereocenters. The van der Waals surface area contributed by atoms with Crippen molar-refractivity contribution in [3.8, 4) is 5.88 Å². The van der Waals surface area contributed by atoms with Gasteiger partial charge in [-0.3, -0.25) is 0 Å². The molecule has 0 radical (unpaired) electrons. The van der Waals surface area contributed by atoms with Crippen LogP contribution in [0.3, 0.4) is 0 Å². The summed E-state index contributed by atoms with van der Waals surface area (Å²) in [5, 5.41) is 0. The van der Waals surface area contributed by atoms with Gasteiger partial charge >= 0.3 is 0 Å². The molecule has 1 rings (SSSR count). The van der Waals surface area contributed by atoms with Crippen LogP contribution in [-0.4, -0.2) is 42.1 Å². The Morgan fingerprint density at radius 2 is 2.06 bits per heavy atom. The van der Waals surface area contributed by atoms with E-state index in [1.165, 1.54) is 0 Å². The van der Waals surface area contributed by atoms with Gasteiger partial charge in [0.25, 0.3) is 0 Å². The predicted octanol–water partition coefficient (Wildman–Crippen LogP) is 1.12. The number of nitrogen functional groups attached to an aromatic ring is 1. The van der Waals surface area contributed by atoms with Crippen molar-refractivity contribution in [3.05, 3.63) is 11.9 Å². The second-order valence-corrected chi connectivity index (χ2v) is 4.30. The molecule has 1 aromatic rings. The van der Waals surface area contributed by atoms with Crippen LogP contribution in [0, 0.1) is 0 Å². The molecule has 2 N–H and O–H groups in total. The SMILES string of the molecule is CC(C)c1nc(N)cc(OCCN(C)C)n1. The van der Waals surface area contributed by atoms with Crippen LogP contribution >= 0.6 is 0 Å². The molecule has 0 bridgehead atoms. The predicted molar refractivity (Wildman–Crippen MR) is 64.6 cm³/mol. The molecule has 0 aliphatic rings. The fourth-order valence-electron chi connectivity index (χ4n) is 1.13. The van der Waals surface area contributed by atoms with Crippen LogP contribution in [0.5, 0.6) is 5.88 Å². The van der Waals surface area contributed by atoms with E-state index in [2.05, 4.69) is 9.97 Å². The monoisotopic (exact) mass is 224 g/mol. The Labute approximate surface area is 96.6 Å². The topological polar surface area (TPSA) is 64.3 Å². The summed E-state index contributed by atoms with van der Waals surface area (Å²) in [6, 6.07) is 1.65. The van der Waals surface area contributed by atoms with Gasteiger partial charge in [0.2, 0.25) is 5.88 Å². The number of hydrogen-bond acceptors (Lipinski definition) is 5. The normalized spacial score (nSPS) is 11.1. The highest BCUT2D eigenvalue weighted by Crippen LogP contribution is 2.16. The van der Waals surface area contributed by atoms with Crippen molar-refractivity contribution < 1.29 is 4.74 Å². The van der Waals surface area contributed by atoms with Crippen LogP contribution in [0.15, 0.2) is 6.07 Å². The molecule has 0 amide bonds. The Bertz CT molecular complexity index is 339. The van der Waals surface area contributed by atoms with Crippen LogP contribution in [0.4, 0.5) is 5.82 Å². The lowest BCUT2D eigenvalue weighted by atomic mass is 10.2. The fourth-order valence-corrected chi connectivity index (χ4v) is 1.13. The van der Waals surface area contributed by atoms with Crippen LogP contribution in [0.25, 0.3) is 0 Å². The van der Waals surface area contributed by atoms with Crippen molar-refractivity contribution in [2.75, 3.05) is 33.0 Å². The van der Waals surface area contributed by atoms with Gasteiger partial charge in [0.1, 0.15) is 18.2 Å². The van der Waals surface area contributed by atoms with E-state index in [0.717, 1.165) is 12.4 Å². The number of ether oxygens (including phenoxy) is 1. The lowest BCUT2D eigenvalue weighted by molar-refractivity contribution is 0.253. The van der Waals surface area contributed by atoms with E-state index in [-0.39, 0.29) is 5.92 Å². The molecule has 0 aliphatic carbocycles. The Morgan fingerprint density at radius 1 is 1.38 bits per heavy atom. The van der Waals surface area contributed by atoms with E-state index >= 15 is 0 Å². The fraction of sp³-hybridized carbons (Fsp3) is 0.636. The van der Waals surface area contributed by atoms with Crippen LogP contribution in [0.1, 0.15) is 25.6 Å². The molecular weight excluding hydrogens is 204 g/mol. The van der Waals surface area contributed by atoms with Crippen molar-refractivity contribution in [3.63, 3.8) is 0 Å². The smallest absolute Gasteiger partial charge is 0.218 e. The molecule has 0 saturated heterocycles. The van der Waals surface area contributed by atoms with Crippen molar-refractivity contribution in [2.24, 2.45) is 0 Å². The highest BCUT2D eigenvalue weighted by molar-refractivity contribution is 5.33. The summed E-state index contributed by atoms with van der Waals surface area (Å²) >= 11 is 0. The average molecular weight is 224 g/mol. The van der Waals surface area contributed by atoms with Gasteiger partial charge in [0.05, 0.1) is 0 Å². The van der Waals surface area contributed by atoms with Crippen molar-refractivity contribution >= 4 is 5.82 Å². The Morgan fingerprint density at radius 3 is 2.62 bits per heavy atom. The Balaban J connectivity index is 2.65. The second kappa shape index (κ2) is 5.65. The Hall–Kier alpha value is -1.36. The molecule has 0 spiro atoms. The van der Waals surface area contributed by atoms with Crippen LogP contribution < -0.4 is 10.5 Å². The molecule has 0 saturated carbocycles. The molecule has 1 aromatic heterocycles. The lowest BCUT2D eigenvalue weighted by Crippen LogP contribution is -2.20. The largest absolute Gasteiger partial charge is 0.476 e. The van der Waals surface area contributed by atoms with Gasteiger partial charge in [0, 0.05) is 18.5 Å². The quantitative estimate of drug-likeness (QED) is 0.812. The van der Waals surface area contributed by atoms with E-state index in [9.17, 15) is 0 Å². The first-order valence-electron chi connectivity index (χ1n) is 5.41. The number of nitrogens with zero attached hydrogens (tertiary/aromatic N) is 3. The number of nitrogens with two attached hydrogens (primary N) is 1. The van der Waals surface area contributed by atoms with Gasteiger partial charge in [-0.1, -0.05) is 13.8 Å². The molecule has 5 nitrogen and oxygen atoms in total. The van der Waals surface area contributed by atoms with E-state index in [1.54, 1.807) is 6.07 Å². The minimum Gasteiger partial charge on any atom is -0.476 e. The minimum atomic E-state index is 0.250. The van der Waals surface area contributed by atoms with Gasteiger partial charge in [-0.2, -0.15) is 4.98 Å². The first-order valence-corrected chi connectivity index (χ1v) is 5.41. The van der Waals surface area contributed by atoms with Gasteiger partial charge in [0.15, 0.2) is 0 Å². The van der Waals surface area contributed by atoms with Crippen molar-refractivity contribution in [2.45, 2.75) is 19.8 Å². The van der Waals surface area contributed by atoms with Crippen molar-refractivity contribution in [1.82, 2.24) is 14.9 Å². The zero-order valence-corrected chi connectivity index (χ0v) is 10.4. The summed E-state index contributed by atoms with van der Waals surface area (Å²) in [7, 11) is 3.99. The first kappa shape index (κ1) is 12.7. The third-order valence-electron chi connectivity index (χ3n) is 2.04. The standard InChI is InChI=1S/C11H20N4O/c1-8(2)11-13-9(12)7-10(14-11)16-6-5-15(3)4/h7-8H,5-6H2,1-4H3,(H2,12,13,14). The maximum atomic E-state index is 5.69. The molecular formula is C11H20N4O. The van der Waals surface area contributed by atoms with Crippen molar-refractivity contribution in [1.29, 1.82) is 0 Å². The summed E-state index contributed by atoms with van der Waals surface area (Å²) in [5.74, 6) is 1.98. The highest BCUT2D eigenvalue weighted by Gasteiger charge is 2.07. The van der Waals surface area contributed by atoms with E-state index < -0.39 is 0 Å². The third kappa shape index (κ3) is 4.02. The molecule has 0 atom stereocenters. The van der Waals surface area contributed by atoms with E-state index in [0.29, 0.717) is 18.3 Å². The number of hydrogen-bond donors (Lipinski definition) is 1. The summed E-state index contributed by atoms with van der Waals surface area (Å²) in [5.41, 5.74) is 5.69. The molecule has 5 heteroatoms. The van der Waals surface area contributed by atoms with Crippen LogP contribution in [-0.2, 0) is 0 Å². The lowest BCUT2D eigenvalue weighted by Gasteiger charge is -2.12. The molecule has 1 heterocycles. The second-order valence-electron chi connectivity index (χ2n) is 4.30. The molecule has 90 valence electrons. The zero-order chi connectivity index (χ0) is 12.1. The maximum Gasteiger partial charge on any atom is 0.218 e. The highest BCUT2D eigenvalue weighted by atomic mass is 16.5. The molecule has 0 aliphatic heterocycles. The summed E-state index contributed by atoms with van der Waals surface area (Å²) < 4.78 is 5.52. The molecule has 16 heavy (non-hydrogen) atoms. The van der Waals surface area contributed by atoms with Gasteiger partial charge in [-0.15, -0.1) is 0 Å². The van der Waals surface area contributed by atoms with Gasteiger partial charge in [-0.25, -0.2) is 4.98 Å². The first-order chi connectivity index (χ1) is 7.49. The number of aromatic nitrogens is 2. The average Bonchev–Trinajstić information content (AvgIpc) is 2.16. The number of likely N-dealkylation sites (N-methyl/N-ethyl adjacent to an activating group) is 1. The third-order valence-corrected chi connectivity index (χ3v) is 2.04. The summed E-state index contributed by atoms with van der Waals surface area (Å²) in [6.07, 6.45) is 0. The van der Waals surface area contributed by atoms with Gasteiger partial charge < -0.3 is 15.4 Å². The Kier molecular flexibility index (Phi) is 4.49. The van der Waals surface area contributed by atoms with E-state index in [1.807, 2.05) is 32.8 Å². The zero-order valence-electron chi connectivity index (χ0n) is 10.4. The molecule has 0 fully saturated rings. The van der Waals surface area contributed by atoms with Crippen LogP contribution in [0.2, 0.25) is 0 Å². The molecule has 0 aromatic carbocycles.